The van der Waals surface area contributed by atoms with Crippen LogP contribution in [0.4, 0.5) is 0 Å². The summed E-state index contributed by atoms with van der Waals surface area (Å²) in [6, 6.07) is 6.43. The Balaban J connectivity index is 1.75. The van der Waals surface area contributed by atoms with Gasteiger partial charge in [-0.2, -0.15) is 0 Å². The molecule has 2 spiro atoms. The van der Waals surface area contributed by atoms with Gasteiger partial charge < -0.3 is 18.9 Å². The predicted octanol–water partition coefficient (Wildman–Crippen LogP) is 2.95. The van der Waals surface area contributed by atoms with Gasteiger partial charge in [0, 0.05) is 11.8 Å². The molecule has 3 aliphatic heterocycles. The first kappa shape index (κ1) is 13.3. The lowest BCUT2D eigenvalue weighted by Crippen LogP contribution is -2.54. The molecule has 5 atom stereocenters. The molecule has 1 aromatic carbocycles. The monoisotopic (exact) mass is 302 g/mol. The van der Waals surface area contributed by atoms with Crippen molar-refractivity contribution in [2.45, 2.75) is 49.6 Å². The molecule has 0 unspecified atom stereocenters. The molecule has 1 saturated carbocycles. The second kappa shape index (κ2) is 4.25. The van der Waals surface area contributed by atoms with Gasteiger partial charge in [-0.25, -0.2) is 0 Å². The first-order valence-electron chi connectivity index (χ1n) is 8.35. The molecular weight excluding hydrogens is 280 g/mol. The number of hydrogen-bond donors (Lipinski definition) is 0. The Kier molecular flexibility index (Phi) is 2.58. The van der Waals surface area contributed by atoms with Crippen molar-refractivity contribution < 1.29 is 18.9 Å². The lowest BCUT2D eigenvalue weighted by molar-refractivity contribution is -0.328. The molecule has 118 valence electrons. The summed E-state index contributed by atoms with van der Waals surface area (Å²) in [5.41, 5.74) is 2.42. The van der Waals surface area contributed by atoms with Gasteiger partial charge in [-0.15, -0.1) is 0 Å². The molecule has 0 amide bonds. The number of rotatable bonds is 1. The van der Waals surface area contributed by atoms with E-state index in [0.29, 0.717) is 19.1 Å². The Morgan fingerprint density at radius 2 is 2.18 bits per heavy atom. The van der Waals surface area contributed by atoms with Crippen molar-refractivity contribution >= 4 is 0 Å². The van der Waals surface area contributed by atoms with Gasteiger partial charge in [0.05, 0.1) is 20.3 Å². The lowest BCUT2D eigenvalue weighted by Gasteiger charge is -2.47. The summed E-state index contributed by atoms with van der Waals surface area (Å²) in [5.74, 6) is 0.856. The maximum absolute atomic E-state index is 6.72. The molecule has 0 aromatic heterocycles. The predicted molar refractivity (Wildman–Crippen MR) is 79.9 cm³/mol. The fourth-order valence-corrected chi connectivity index (χ4v) is 5.35. The van der Waals surface area contributed by atoms with Gasteiger partial charge in [0.15, 0.2) is 0 Å². The molecule has 22 heavy (non-hydrogen) atoms. The fraction of sp³-hybridized carbons (Fsp3) is 0.667. The van der Waals surface area contributed by atoms with E-state index in [1.165, 1.54) is 17.5 Å². The average molecular weight is 302 g/mol. The van der Waals surface area contributed by atoms with E-state index in [0.717, 1.165) is 18.6 Å². The maximum atomic E-state index is 6.72. The van der Waals surface area contributed by atoms with Crippen molar-refractivity contribution in [2.24, 2.45) is 5.92 Å². The van der Waals surface area contributed by atoms with Crippen LogP contribution < -0.4 is 4.74 Å². The Morgan fingerprint density at radius 1 is 1.27 bits per heavy atom. The van der Waals surface area contributed by atoms with Crippen molar-refractivity contribution in [3.8, 4) is 5.75 Å². The van der Waals surface area contributed by atoms with Gasteiger partial charge in [-0.3, -0.25) is 0 Å². The Bertz CT molecular complexity index is 630. The van der Waals surface area contributed by atoms with Crippen molar-refractivity contribution in [3.05, 3.63) is 29.3 Å². The second-order valence-corrected chi connectivity index (χ2v) is 7.03. The van der Waals surface area contributed by atoms with Crippen molar-refractivity contribution in [1.29, 1.82) is 0 Å². The molecule has 0 N–H and O–H groups in total. The zero-order valence-electron chi connectivity index (χ0n) is 13.1. The van der Waals surface area contributed by atoms with Gasteiger partial charge >= 0.3 is 0 Å². The highest BCUT2D eigenvalue weighted by molar-refractivity contribution is 5.47. The molecule has 4 nitrogen and oxygen atoms in total. The third-order valence-electron chi connectivity index (χ3n) is 6.26. The molecule has 3 fully saturated rings. The summed E-state index contributed by atoms with van der Waals surface area (Å²) in [4.78, 5) is 0. The molecule has 1 aliphatic carbocycles. The van der Waals surface area contributed by atoms with E-state index in [2.05, 4.69) is 25.1 Å². The molecular formula is C18H22O4. The van der Waals surface area contributed by atoms with Crippen molar-refractivity contribution in [3.63, 3.8) is 0 Å². The quantitative estimate of drug-likeness (QED) is 0.799. The van der Waals surface area contributed by atoms with E-state index in [4.69, 9.17) is 18.9 Å². The molecule has 4 heteroatoms. The average Bonchev–Trinajstić information content (AvgIpc) is 3.06. The normalized spacial score (nSPS) is 45.1. The summed E-state index contributed by atoms with van der Waals surface area (Å²) < 4.78 is 24.6. The second-order valence-electron chi connectivity index (χ2n) is 7.03. The van der Waals surface area contributed by atoms with E-state index < -0.39 is 5.79 Å². The summed E-state index contributed by atoms with van der Waals surface area (Å²) in [6.45, 7) is 3.49. The topological polar surface area (TPSA) is 36.9 Å². The largest absolute Gasteiger partial charge is 0.497 e. The molecule has 2 saturated heterocycles. The van der Waals surface area contributed by atoms with Crippen LogP contribution in [0.1, 0.15) is 43.2 Å². The van der Waals surface area contributed by atoms with E-state index in [1.54, 1.807) is 7.11 Å². The van der Waals surface area contributed by atoms with Crippen LogP contribution in [0.5, 0.6) is 5.75 Å². The van der Waals surface area contributed by atoms with Crippen LogP contribution in [-0.4, -0.2) is 32.2 Å². The maximum Gasteiger partial charge on any atom is 0.202 e. The number of benzene rings is 1. The lowest BCUT2D eigenvalue weighted by atomic mass is 9.80. The van der Waals surface area contributed by atoms with Gasteiger partial charge in [0.2, 0.25) is 5.79 Å². The van der Waals surface area contributed by atoms with E-state index in [-0.39, 0.29) is 17.6 Å². The van der Waals surface area contributed by atoms with E-state index >= 15 is 0 Å². The smallest absolute Gasteiger partial charge is 0.202 e. The van der Waals surface area contributed by atoms with Crippen LogP contribution >= 0.6 is 0 Å². The summed E-state index contributed by atoms with van der Waals surface area (Å²) in [7, 11) is 1.72. The molecule has 1 aromatic rings. The fourth-order valence-electron chi connectivity index (χ4n) is 5.35. The Hall–Kier alpha value is -1.10. The van der Waals surface area contributed by atoms with Gasteiger partial charge in [-0.05, 0) is 42.5 Å². The van der Waals surface area contributed by atoms with Crippen LogP contribution in [0.15, 0.2) is 18.2 Å². The number of hydrogen-bond acceptors (Lipinski definition) is 4. The molecule has 4 aliphatic rings. The van der Waals surface area contributed by atoms with E-state index in [1.807, 2.05) is 0 Å². The molecule has 2 bridgehead atoms. The van der Waals surface area contributed by atoms with Crippen LogP contribution in [0.25, 0.3) is 0 Å². The van der Waals surface area contributed by atoms with Crippen LogP contribution in [0, 0.1) is 5.92 Å². The zero-order valence-corrected chi connectivity index (χ0v) is 13.1. The van der Waals surface area contributed by atoms with Crippen molar-refractivity contribution in [1.82, 2.24) is 0 Å². The minimum Gasteiger partial charge on any atom is -0.497 e. The summed E-state index contributed by atoms with van der Waals surface area (Å²) in [6.07, 6.45) is 3.47. The van der Waals surface area contributed by atoms with Crippen LogP contribution in [0.3, 0.4) is 0 Å². The van der Waals surface area contributed by atoms with E-state index in [9.17, 15) is 0 Å². The van der Waals surface area contributed by atoms with Crippen molar-refractivity contribution in [2.75, 3.05) is 20.3 Å². The standard InChI is InChI=1S/C18H22O4/c1-11-13-10-12(19-2)5-6-14(13)17-7-3-4-15(17)16-18(11,22-17)21-9-8-20-16/h5-6,10-11,15-16H,3-4,7-9H2,1-2H3/t11-,15-,16+,17-,18+/m0/s1. The minimum atomic E-state index is -0.608. The first-order chi connectivity index (χ1) is 10.7. The number of fused-ring (bicyclic) bond motifs is 2. The minimum absolute atomic E-state index is 0.0529. The zero-order chi connectivity index (χ0) is 14.9. The molecule has 5 rings (SSSR count). The van der Waals surface area contributed by atoms with Crippen LogP contribution in [-0.2, 0) is 19.8 Å². The van der Waals surface area contributed by atoms with Gasteiger partial charge in [0.1, 0.15) is 17.5 Å². The van der Waals surface area contributed by atoms with Gasteiger partial charge in [-0.1, -0.05) is 13.0 Å². The highest BCUT2D eigenvalue weighted by Gasteiger charge is 2.72. The number of ether oxygens (including phenoxy) is 4. The highest BCUT2D eigenvalue weighted by Crippen LogP contribution is 2.66. The third-order valence-corrected chi connectivity index (χ3v) is 6.26. The SMILES string of the molecule is COc1ccc2c(c1)[C@H](C)[C@]13OCCO[C@@H]1[C@@H]1CCC[C@]21O3. The highest BCUT2D eigenvalue weighted by atomic mass is 16.8. The molecule has 0 radical (unpaired) electrons. The Labute approximate surface area is 130 Å². The first-order valence-corrected chi connectivity index (χ1v) is 8.35. The third kappa shape index (κ3) is 1.35. The molecule has 3 heterocycles. The summed E-state index contributed by atoms with van der Waals surface area (Å²) >= 11 is 0. The number of methoxy groups -OCH3 is 1. The van der Waals surface area contributed by atoms with Crippen LogP contribution in [0.2, 0.25) is 0 Å². The Morgan fingerprint density at radius 3 is 3.05 bits per heavy atom. The van der Waals surface area contributed by atoms with Gasteiger partial charge in [0.25, 0.3) is 0 Å². The summed E-state index contributed by atoms with van der Waals surface area (Å²) in [5, 5.41) is 0.